The molecule has 0 radical (unpaired) electrons. The topological polar surface area (TPSA) is 53.6 Å². The monoisotopic (exact) mass is 417 g/mol. The first-order valence-corrected chi connectivity index (χ1v) is 9.63. The Morgan fingerprint density at radius 3 is 2.46 bits per heavy atom. The largest absolute Gasteiger partial charge is 0.379 e. The van der Waals surface area contributed by atoms with Crippen LogP contribution in [0.1, 0.15) is 11.1 Å². The standard InChI is InChI=1S/C20H24BrN3O2/c21-18-5-7-19(8-6-18)22-14-20(25)23-13-16-3-1-2-4-17(16)15-24-9-11-26-12-10-24/h1-8,22H,9-15H2,(H,23,25). The highest BCUT2D eigenvalue weighted by Gasteiger charge is 2.13. The molecule has 138 valence electrons. The van der Waals surface area contributed by atoms with Crippen molar-refractivity contribution in [2.24, 2.45) is 0 Å². The fourth-order valence-corrected chi connectivity index (χ4v) is 3.16. The number of ether oxygens (including phenoxy) is 1. The number of benzene rings is 2. The highest BCUT2D eigenvalue weighted by atomic mass is 79.9. The van der Waals surface area contributed by atoms with Crippen molar-refractivity contribution in [1.82, 2.24) is 10.2 Å². The van der Waals surface area contributed by atoms with Crippen molar-refractivity contribution in [3.63, 3.8) is 0 Å². The Labute approximate surface area is 162 Å². The highest BCUT2D eigenvalue weighted by molar-refractivity contribution is 9.10. The number of hydrogen-bond acceptors (Lipinski definition) is 4. The molecule has 0 atom stereocenters. The van der Waals surface area contributed by atoms with Gasteiger partial charge in [-0.3, -0.25) is 9.69 Å². The molecule has 0 unspecified atom stereocenters. The van der Waals surface area contributed by atoms with Gasteiger partial charge in [-0.2, -0.15) is 0 Å². The van der Waals surface area contributed by atoms with Gasteiger partial charge < -0.3 is 15.4 Å². The van der Waals surface area contributed by atoms with Crippen LogP contribution in [0.5, 0.6) is 0 Å². The molecular formula is C20H24BrN3O2. The summed E-state index contributed by atoms with van der Waals surface area (Å²) in [5.41, 5.74) is 3.35. The Bertz CT molecular complexity index is 715. The summed E-state index contributed by atoms with van der Waals surface area (Å²) in [6, 6.07) is 16.1. The molecule has 2 N–H and O–H groups in total. The molecule has 0 aromatic heterocycles. The van der Waals surface area contributed by atoms with Crippen LogP contribution >= 0.6 is 15.9 Å². The van der Waals surface area contributed by atoms with Crippen LogP contribution in [0.2, 0.25) is 0 Å². The van der Waals surface area contributed by atoms with E-state index in [9.17, 15) is 4.79 Å². The fraction of sp³-hybridized carbons (Fsp3) is 0.350. The zero-order chi connectivity index (χ0) is 18.2. The lowest BCUT2D eigenvalue weighted by molar-refractivity contribution is -0.119. The summed E-state index contributed by atoms with van der Waals surface area (Å²) in [5, 5.41) is 6.14. The highest BCUT2D eigenvalue weighted by Crippen LogP contribution is 2.14. The third-order valence-electron chi connectivity index (χ3n) is 4.39. The second kappa shape index (κ2) is 9.71. The van der Waals surface area contributed by atoms with Crippen molar-refractivity contribution in [3.05, 3.63) is 64.1 Å². The zero-order valence-electron chi connectivity index (χ0n) is 14.7. The van der Waals surface area contributed by atoms with E-state index in [4.69, 9.17) is 4.74 Å². The molecule has 1 amide bonds. The maximum absolute atomic E-state index is 12.1. The maximum atomic E-state index is 12.1. The van der Waals surface area contributed by atoms with Crippen molar-refractivity contribution in [1.29, 1.82) is 0 Å². The molecule has 1 aliphatic rings. The number of hydrogen-bond donors (Lipinski definition) is 2. The molecule has 26 heavy (non-hydrogen) atoms. The molecule has 0 bridgehead atoms. The molecule has 0 saturated carbocycles. The third-order valence-corrected chi connectivity index (χ3v) is 4.92. The number of nitrogens with zero attached hydrogens (tertiary/aromatic N) is 1. The fourth-order valence-electron chi connectivity index (χ4n) is 2.89. The summed E-state index contributed by atoms with van der Waals surface area (Å²) < 4.78 is 6.43. The van der Waals surface area contributed by atoms with Gasteiger partial charge in [-0.15, -0.1) is 0 Å². The van der Waals surface area contributed by atoms with Gasteiger partial charge in [0.1, 0.15) is 0 Å². The van der Waals surface area contributed by atoms with E-state index in [0.29, 0.717) is 6.54 Å². The second-order valence-electron chi connectivity index (χ2n) is 6.29. The molecule has 0 aliphatic carbocycles. The predicted octanol–water partition coefficient (Wildman–Crippen LogP) is 3.01. The molecule has 5 nitrogen and oxygen atoms in total. The first kappa shape index (κ1) is 18.9. The van der Waals surface area contributed by atoms with Gasteiger partial charge in [0.2, 0.25) is 5.91 Å². The second-order valence-corrected chi connectivity index (χ2v) is 7.21. The Kier molecular flexibility index (Phi) is 7.05. The molecule has 2 aromatic carbocycles. The molecule has 1 saturated heterocycles. The number of nitrogens with one attached hydrogen (secondary N) is 2. The van der Waals surface area contributed by atoms with Gasteiger partial charge in [0.25, 0.3) is 0 Å². The zero-order valence-corrected chi connectivity index (χ0v) is 16.3. The van der Waals surface area contributed by atoms with E-state index in [-0.39, 0.29) is 12.5 Å². The lowest BCUT2D eigenvalue weighted by Crippen LogP contribution is -2.36. The molecule has 1 aliphatic heterocycles. The number of carbonyl (C=O) groups is 1. The molecule has 2 aromatic rings. The van der Waals surface area contributed by atoms with Crippen LogP contribution < -0.4 is 10.6 Å². The summed E-state index contributed by atoms with van der Waals surface area (Å²) in [6.07, 6.45) is 0. The van der Waals surface area contributed by atoms with Crippen molar-refractivity contribution in [2.75, 3.05) is 38.2 Å². The Morgan fingerprint density at radius 1 is 1.04 bits per heavy atom. The first-order valence-electron chi connectivity index (χ1n) is 8.84. The van der Waals surface area contributed by atoms with Gasteiger partial charge in [-0.1, -0.05) is 40.2 Å². The van der Waals surface area contributed by atoms with Crippen LogP contribution in [-0.4, -0.2) is 43.7 Å². The number of morpholine rings is 1. The lowest BCUT2D eigenvalue weighted by Gasteiger charge is -2.27. The summed E-state index contributed by atoms with van der Waals surface area (Å²) in [6.45, 7) is 5.19. The average molecular weight is 418 g/mol. The van der Waals surface area contributed by atoms with Crippen LogP contribution in [0.15, 0.2) is 53.0 Å². The summed E-state index contributed by atoms with van der Waals surface area (Å²) in [7, 11) is 0. The summed E-state index contributed by atoms with van der Waals surface area (Å²) in [5.74, 6) is -0.0194. The number of amides is 1. The smallest absolute Gasteiger partial charge is 0.239 e. The van der Waals surface area contributed by atoms with Crippen molar-refractivity contribution < 1.29 is 9.53 Å². The molecule has 1 heterocycles. The summed E-state index contributed by atoms with van der Waals surface area (Å²) in [4.78, 5) is 14.5. The maximum Gasteiger partial charge on any atom is 0.239 e. The third kappa shape index (κ3) is 5.83. The van der Waals surface area contributed by atoms with Crippen LogP contribution in [0.3, 0.4) is 0 Å². The van der Waals surface area contributed by atoms with Crippen LogP contribution in [0.4, 0.5) is 5.69 Å². The van der Waals surface area contributed by atoms with Gasteiger partial charge in [0.15, 0.2) is 0 Å². The van der Waals surface area contributed by atoms with E-state index >= 15 is 0 Å². The molecule has 3 rings (SSSR count). The minimum atomic E-state index is -0.0194. The molecule has 0 spiro atoms. The Morgan fingerprint density at radius 2 is 1.73 bits per heavy atom. The van der Waals surface area contributed by atoms with Crippen molar-refractivity contribution >= 4 is 27.5 Å². The molecular weight excluding hydrogens is 394 g/mol. The predicted molar refractivity (Wildman–Crippen MR) is 107 cm³/mol. The minimum Gasteiger partial charge on any atom is -0.379 e. The van der Waals surface area contributed by atoms with Gasteiger partial charge in [0.05, 0.1) is 19.8 Å². The average Bonchev–Trinajstić information content (AvgIpc) is 2.68. The quantitative estimate of drug-likeness (QED) is 0.726. The van der Waals surface area contributed by atoms with Crippen LogP contribution in [0.25, 0.3) is 0 Å². The molecule has 1 fully saturated rings. The van der Waals surface area contributed by atoms with E-state index in [0.717, 1.165) is 48.6 Å². The number of carbonyl (C=O) groups excluding carboxylic acids is 1. The van der Waals surface area contributed by atoms with E-state index in [1.54, 1.807) is 0 Å². The lowest BCUT2D eigenvalue weighted by atomic mass is 10.1. The van der Waals surface area contributed by atoms with E-state index in [1.807, 2.05) is 30.3 Å². The molecule has 6 heteroatoms. The number of rotatable bonds is 7. The SMILES string of the molecule is O=C(CNc1ccc(Br)cc1)NCc1ccccc1CN1CCOCC1. The van der Waals surface area contributed by atoms with E-state index < -0.39 is 0 Å². The summed E-state index contributed by atoms with van der Waals surface area (Å²) >= 11 is 3.40. The van der Waals surface area contributed by atoms with Gasteiger partial charge in [0, 0.05) is 36.3 Å². The number of halogens is 1. The van der Waals surface area contributed by atoms with E-state index in [2.05, 4.69) is 49.7 Å². The Balaban J connectivity index is 1.49. The van der Waals surface area contributed by atoms with Gasteiger partial charge >= 0.3 is 0 Å². The Hall–Kier alpha value is -1.89. The van der Waals surface area contributed by atoms with Crippen molar-refractivity contribution in [3.8, 4) is 0 Å². The van der Waals surface area contributed by atoms with Crippen molar-refractivity contribution in [2.45, 2.75) is 13.1 Å². The van der Waals surface area contributed by atoms with Gasteiger partial charge in [-0.25, -0.2) is 0 Å². The van der Waals surface area contributed by atoms with Crippen LogP contribution in [0, 0.1) is 0 Å². The number of anilines is 1. The normalized spacial score (nSPS) is 14.8. The van der Waals surface area contributed by atoms with Crippen LogP contribution in [-0.2, 0) is 22.6 Å². The first-order chi connectivity index (χ1) is 12.7. The van der Waals surface area contributed by atoms with Gasteiger partial charge in [-0.05, 0) is 35.4 Å². The minimum absolute atomic E-state index is 0.0194. The van der Waals surface area contributed by atoms with E-state index in [1.165, 1.54) is 5.56 Å².